The van der Waals surface area contributed by atoms with Gasteiger partial charge >= 0.3 is 0 Å². The van der Waals surface area contributed by atoms with E-state index in [2.05, 4.69) is 14.8 Å². The molecule has 0 radical (unpaired) electrons. The first-order valence-corrected chi connectivity index (χ1v) is 8.44. The van der Waals surface area contributed by atoms with Crippen LogP contribution in [0.1, 0.15) is 27.2 Å². The summed E-state index contributed by atoms with van der Waals surface area (Å²) in [7, 11) is 0. The van der Waals surface area contributed by atoms with Gasteiger partial charge in [0.1, 0.15) is 0 Å². The van der Waals surface area contributed by atoms with Gasteiger partial charge in [-0.25, -0.2) is 4.98 Å². The molecule has 128 valence electrons. The number of anilines is 2. The largest absolute Gasteiger partial charge is 0.396 e. The van der Waals surface area contributed by atoms with Crippen LogP contribution in [-0.4, -0.2) is 54.2 Å². The highest BCUT2D eigenvalue weighted by Crippen LogP contribution is 2.32. The molecule has 2 saturated heterocycles. The number of pyridine rings is 1. The van der Waals surface area contributed by atoms with Gasteiger partial charge in [0.2, 0.25) is 0 Å². The SMILES string of the molecule is CC(C)(C)OC1OC1N1CCCN(c2ncc(Cl)cc2N)CC1. The number of rotatable bonds is 3. The molecule has 2 fully saturated rings. The van der Waals surface area contributed by atoms with E-state index >= 15 is 0 Å². The van der Waals surface area contributed by atoms with Crippen molar-refractivity contribution in [2.24, 2.45) is 0 Å². The molecular weight excluding hydrogens is 316 g/mol. The van der Waals surface area contributed by atoms with Gasteiger partial charge in [-0.1, -0.05) is 11.6 Å². The average molecular weight is 341 g/mol. The summed E-state index contributed by atoms with van der Waals surface area (Å²) in [5.74, 6) is 0.815. The number of halogens is 1. The number of epoxide rings is 1. The van der Waals surface area contributed by atoms with E-state index in [1.54, 1.807) is 12.3 Å². The summed E-state index contributed by atoms with van der Waals surface area (Å²) < 4.78 is 11.6. The lowest BCUT2D eigenvalue weighted by molar-refractivity contribution is -0.0577. The van der Waals surface area contributed by atoms with Crippen molar-refractivity contribution in [1.29, 1.82) is 0 Å². The molecule has 23 heavy (non-hydrogen) atoms. The summed E-state index contributed by atoms with van der Waals surface area (Å²) in [6.45, 7) is 9.81. The molecule has 0 spiro atoms. The van der Waals surface area contributed by atoms with Crippen LogP contribution in [0.3, 0.4) is 0 Å². The van der Waals surface area contributed by atoms with Crippen molar-refractivity contribution in [3.8, 4) is 0 Å². The fourth-order valence-electron chi connectivity index (χ4n) is 2.90. The van der Waals surface area contributed by atoms with Gasteiger partial charge < -0.3 is 20.1 Å². The number of hydrogen-bond donors (Lipinski definition) is 1. The molecule has 2 N–H and O–H groups in total. The van der Waals surface area contributed by atoms with Crippen LogP contribution < -0.4 is 10.6 Å². The van der Waals surface area contributed by atoms with E-state index in [0.29, 0.717) is 10.7 Å². The Bertz CT molecular complexity index is 564. The second-order valence-electron chi connectivity index (χ2n) is 7.07. The zero-order chi connectivity index (χ0) is 16.6. The van der Waals surface area contributed by atoms with Crippen molar-refractivity contribution in [2.45, 2.75) is 45.3 Å². The van der Waals surface area contributed by atoms with Gasteiger partial charge in [-0.05, 0) is 33.3 Å². The van der Waals surface area contributed by atoms with Crippen LogP contribution in [0.5, 0.6) is 0 Å². The third-order valence-electron chi connectivity index (χ3n) is 3.95. The standard InChI is InChI=1S/C16H25ClN4O2/c1-16(2,3)23-15-14(22-15)21-6-4-5-20(7-8-21)13-12(18)9-11(17)10-19-13/h9-10,14-15H,4-8,18H2,1-3H3. The minimum absolute atomic E-state index is 0.0738. The molecule has 6 nitrogen and oxygen atoms in total. The Labute approximate surface area is 142 Å². The average Bonchev–Trinajstić information content (AvgIpc) is 3.19. The summed E-state index contributed by atoms with van der Waals surface area (Å²) in [5.41, 5.74) is 6.50. The summed E-state index contributed by atoms with van der Waals surface area (Å²) in [4.78, 5) is 8.94. The lowest BCUT2D eigenvalue weighted by atomic mass is 10.2. The second kappa shape index (κ2) is 6.43. The van der Waals surface area contributed by atoms with Crippen molar-refractivity contribution in [1.82, 2.24) is 9.88 Å². The Morgan fingerprint density at radius 3 is 2.78 bits per heavy atom. The molecule has 1 aromatic rings. The van der Waals surface area contributed by atoms with Crippen LogP contribution in [0.4, 0.5) is 11.5 Å². The Morgan fingerprint density at radius 1 is 1.30 bits per heavy atom. The zero-order valence-corrected chi connectivity index (χ0v) is 14.7. The van der Waals surface area contributed by atoms with Crippen LogP contribution in [0.2, 0.25) is 5.02 Å². The first-order chi connectivity index (χ1) is 10.8. The number of nitrogen functional groups attached to an aromatic ring is 1. The van der Waals surface area contributed by atoms with Gasteiger partial charge in [0, 0.05) is 32.4 Å². The molecule has 2 aliphatic rings. The van der Waals surface area contributed by atoms with Gasteiger partial charge in [0.15, 0.2) is 18.3 Å². The lowest BCUT2D eigenvalue weighted by Crippen LogP contribution is -2.35. The topological polar surface area (TPSA) is 67.2 Å². The number of ether oxygens (including phenoxy) is 2. The summed E-state index contributed by atoms with van der Waals surface area (Å²) in [6, 6.07) is 1.75. The Balaban J connectivity index is 1.58. The summed E-state index contributed by atoms with van der Waals surface area (Å²) in [5, 5.41) is 0.566. The van der Waals surface area contributed by atoms with E-state index in [0.717, 1.165) is 38.4 Å². The Morgan fingerprint density at radius 2 is 2.09 bits per heavy atom. The molecule has 7 heteroatoms. The Hall–Kier alpha value is -1.08. The first kappa shape index (κ1) is 16.8. The van der Waals surface area contributed by atoms with Gasteiger partial charge in [0.05, 0.1) is 16.3 Å². The van der Waals surface area contributed by atoms with Crippen molar-refractivity contribution < 1.29 is 9.47 Å². The van der Waals surface area contributed by atoms with Gasteiger partial charge in [-0.2, -0.15) is 0 Å². The molecule has 0 aliphatic carbocycles. The maximum absolute atomic E-state index is 6.05. The van der Waals surface area contributed by atoms with Gasteiger partial charge in [0.25, 0.3) is 0 Å². The van der Waals surface area contributed by atoms with E-state index in [9.17, 15) is 0 Å². The van der Waals surface area contributed by atoms with Crippen molar-refractivity contribution >= 4 is 23.1 Å². The molecule has 3 rings (SSSR count). The lowest BCUT2D eigenvalue weighted by Gasteiger charge is -2.23. The Kier molecular flexibility index (Phi) is 4.69. The highest BCUT2D eigenvalue weighted by atomic mass is 35.5. The van der Waals surface area contributed by atoms with Crippen molar-refractivity contribution in [2.75, 3.05) is 36.8 Å². The van der Waals surface area contributed by atoms with Crippen molar-refractivity contribution in [3.63, 3.8) is 0 Å². The summed E-state index contributed by atoms with van der Waals surface area (Å²) >= 11 is 5.93. The van der Waals surface area contributed by atoms with E-state index < -0.39 is 0 Å². The van der Waals surface area contributed by atoms with E-state index in [1.165, 1.54) is 0 Å². The minimum Gasteiger partial charge on any atom is -0.396 e. The smallest absolute Gasteiger partial charge is 0.200 e. The molecule has 0 saturated carbocycles. The molecule has 0 aromatic carbocycles. The van der Waals surface area contributed by atoms with Gasteiger partial charge in [-0.15, -0.1) is 0 Å². The third kappa shape index (κ3) is 4.26. The van der Waals surface area contributed by atoms with Crippen LogP contribution >= 0.6 is 11.6 Å². The summed E-state index contributed by atoms with van der Waals surface area (Å²) in [6.07, 6.45) is 2.64. The minimum atomic E-state index is -0.182. The quantitative estimate of drug-likeness (QED) is 0.852. The van der Waals surface area contributed by atoms with Crippen molar-refractivity contribution in [3.05, 3.63) is 17.3 Å². The van der Waals surface area contributed by atoms with Crippen LogP contribution in [0.15, 0.2) is 12.3 Å². The molecular formula is C16H25ClN4O2. The molecule has 2 unspecified atom stereocenters. The third-order valence-corrected chi connectivity index (χ3v) is 4.16. The van der Waals surface area contributed by atoms with E-state index in [1.807, 2.05) is 20.8 Å². The van der Waals surface area contributed by atoms with Crippen LogP contribution in [-0.2, 0) is 9.47 Å². The predicted octanol–water partition coefficient (Wildman–Crippen LogP) is 2.33. The number of nitrogens with zero attached hydrogens (tertiary/aromatic N) is 3. The fourth-order valence-corrected chi connectivity index (χ4v) is 3.07. The maximum atomic E-state index is 6.05. The molecule has 1 aromatic heterocycles. The molecule has 2 aliphatic heterocycles. The maximum Gasteiger partial charge on any atom is 0.200 e. The van der Waals surface area contributed by atoms with Crippen LogP contribution in [0, 0.1) is 0 Å². The number of hydrogen-bond acceptors (Lipinski definition) is 6. The predicted molar refractivity (Wildman–Crippen MR) is 91.6 cm³/mol. The van der Waals surface area contributed by atoms with Crippen LogP contribution in [0.25, 0.3) is 0 Å². The second-order valence-corrected chi connectivity index (χ2v) is 7.50. The monoisotopic (exact) mass is 340 g/mol. The fraction of sp³-hybridized carbons (Fsp3) is 0.688. The zero-order valence-electron chi connectivity index (χ0n) is 14.0. The highest BCUT2D eigenvalue weighted by molar-refractivity contribution is 6.30. The van der Waals surface area contributed by atoms with E-state index in [4.69, 9.17) is 26.8 Å². The molecule has 0 bridgehead atoms. The van der Waals surface area contributed by atoms with Gasteiger partial charge in [-0.3, -0.25) is 4.90 Å². The first-order valence-electron chi connectivity index (χ1n) is 8.07. The normalized spacial score (nSPS) is 26.2. The number of nitrogens with two attached hydrogens (primary N) is 1. The highest BCUT2D eigenvalue weighted by Gasteiger charge is 2.47. The number of aromatic nitrogens is 1. The molecule has 0 amide bonds. The van der Waals surface area contributed by atoms with E-state index in [-0.39, 0.29) is 18.1 Å². The molecule has 3 heterocycles. The molecule has 2 atom stereocenters.